The van der Waals surface area contributed by atoms with Crippen molar-refractivity contribution >= 4 is 25.9 Å². The van der Waals surface area contributed by atoms with E-state index in [0.29, 0.717) is 5.56 Å². The molecule has 30 heavy (non-hydrogen) atoms. The van der Waals surface area contributed by atoms with Crippen LogP contribution in [0, 0.1) is 20.8 Å². The molecule has 0 unspecified atom stereocenters. The van der Waals surface area contributed by atoms with Crippen LogP contribution >= 0.6 is 0 Å². The van der Waals surface area contributed by atoms with Gasteiger partial charge in [0.1, 0.15) is 0 Å². The SMILES string of the molecule is Cc1ccc(/C(=N\S(=O)(=O)c2ccc(C)cc2)NS(=O)(=O)c2ccc(C)cc2)cc1. The van der Waals surface area contributed by atoms with Crippen molar-refractivity contribution in [3.63, 3.8) is 0 Å². The fourth-order valence-corrected chi connectivity index (χ4v) is 4.69. The van der Waals surface area contributed by atoms with E-state index in [4.69, 9.17) is 0 Å². The lowest BCUT2D eigenvalue weighted by Crippen LogP contribution is -2.32. The Bertz CT molecular complexity index is 1280. The third kappa shape index (κ3) is 5.14. The average molecular weight is 443 g/mol. The maximum absolute atomic E-state index is 12.9. The molecule has 3 aromatic carbocycles. The summed E-state index contributed by atoms with van der Waals surface area (Å²) in [6.45, 7) is 5.56. The molecule has 6 nitrogen and oxygen atoms in total. The Hall–Kier alpha value is -2.97. The number of hydrogen-bond donors (Lipinski definition) is 1. The molecule has 0 aliphatic carbocycles. The molecule has 0 saturated carbocycles. The van der Waals surface area contributed by atoms with Gasteiger partial charge in [0.2, 0.25) is 0 Å². The Balaban J connectivity index is 2.09. The van der Waals surface area contributed by atoms with Gasteiger partial charge in [0.25, 0.3) is 20.0 Å². The van der Waals surface area contributed by atoms with Gasteiger partial charge >= 0.3 is 0 Å². The van der Waals surface area contributed by atoms with Crippen LogP contribution in [0.15, 0.2) is 87.0 Å². The van der Waals surface area contributed by atoms with Crippen LogP contribution < -0.4 is 4.72 Å². The Morgan fingerprint density at radius 2 is 1.03 bits per heavy atom. The minimum absolute atomic E-state index is 0.0145. The molecule has 0 heterocycles. The van der Waals surface area contributed by atoms with Gasteiger partial charge in [0.15, 0.2) is 5.84 Å². The van der Waals surface area contributed by atoms with Crippen molar-refractivity contribution in [3.8, 4) is 0 Å². The second-order valence-electron chi connectivity index (χ2n) is 7.01. The maximum atomic E-state index is 12.9. The number of hydrogen-bond acceptors (Lipinski definition) is 4. The Morgan fingerprint density at radius 3 is 1.50 bits per heavy atom. The fourth-order valence-electron chi connectivity index (χ4n) is 2.63. The van der Waals surface area contributed by atoms with Crippen LogP contribution in [-0.2, 0) is 20.0 Å². The Labute approximate surface area is 177 Å². The van der Waals surface area contributed by atoms with E-state index in [1.807, 2.05) is 20.8 Å². The predicted molar refractivity (Wildman–Crippen MR) is 118 cm³/mol. The third-order valence-electron chi connectivity index (χ3n) is 4.42. The van der Waals surface area contributed by atoms with Crippen LogP contribution in [0.1, 0.15) is 22.3 Å². The van der Waals surface area contributed by atoms with Crippen LogP contribution in [0.25, 0.3) is 0 Å². The molecule has 8 heteroatoms. The molecule has 0 bridgehead atoms. The fraction of sp³-hybridized carbons (Fsp3) is 0.136. The smallest absolute Gasteiger partial charge is 0.262 e. The normalized spacial score (nSPS) is 12.6. The molecule has 0 aliphatic rings. The van der Waals surface area contributed by atoms with E-state index in [1.54, 1.807) is 48.5 Å². The van der Waals surface area contributed by atoms with Crippen molar-refractivity contribution in [1.82, 2.24) is 4.72 Å². The molecular weight excluding hydrogens is 420 g/mol. The highest BCUT2D eigenvalue weighted by Crippen LogP contribution is 2.17. The minimum atomic E-state index is -4.13. The largest absolute Gasteiger partial charge is 0.284 e. The quantitative estimate of drug-likeness (QED) is 0.481. The standard InChI is InChI=1S/C22H22N2O4S2/c1-16-4-10-19(11-5-16)22(23-29(25,26)20-12-6-17(2)7-13-20)24-30(27,28)21-14-8-18(3)9-15-21/h4-15H,1-3H3,(H,23,24). The Kier molecular flexibility index (Phi) is 6.09. The molecule has 0 aromatic heterocycles. The van der Waals surface area contributed by atoms with Crippen molar-refractivity contribution in [2.45, 2.75) is 30.6 Å². The molecule has 0 atom stereocenters. The number of nitrogens with zero attached hydrogens (tertiary/aromatic N) is 1. The second kappa shape index (κ2) is 8.41. The monoisotopic (exact) mass is 442 g/mol. The first kappa shape index (κ1) is 21.7. The van der Waals surface area contributed by atoms with Gasteiger partial charge in [-0.1, -0.05) is 65.2 Å². The molecule has 3 aromatic rings. The van der Waals surface area contributed by atoms with Crippen molar-refractivity contribution in [3.05, 3.63) is 95.1 Å². The van der Waals surface area contributed by atoms with Gasteiger partial charge in [0, 0.05) is 5.56 Å². The van der Waals surface area contributed by atoms with Crippen LogP contribution in [0.4, 0.5) is 0 Å². The zero-order valence-electron chi connectivity index (χ0n) is 16.8. The summed E-state index contributed by atoms with van der Waals surface area (Å²) < 4.78 is 57.6. The van der Waals surface area contributed by atoms with Crippen molar-refractivity contribution in [2.24, 2.45) is 4.40 Å². The zero-order valence-corrected chi connectivity index (χ0v) is 18.5. The number of rotatable bonds is 5. The molecule has 0 aliphatic heterocycles. The molecule has 3 rings (SSSR count). The molecule has 0 saturated heterocycles. The molecule has 0 spiro atoms. The second-order valence-corrected chi connectivity index (χ2v) is 10.3. The van der Waals surface area contributed by atoms with Gasteiger partial charge in [-0.05, 0) is 45.0 Å². The van der Waals surface area contributed by atoms with E-state index in [-0.39, 0.29) is 15.6 Å². The molecular formula is C22H22N2O4S2. The summed E-state index contributed by atoms with van der Waals surface area (Å²) in [5, 5.41) is 0. The van der Waals surface area contributed by atoms with Gasteiger partial charge in [-0.25, -0.2) is 8.42 Å². The first-order valence-electron chi connectivity index (χ1n) is 9.15. The predicted octanol–water partition coefficient (Wildman–Crippen LogP) is 3.73. The lowest BCUT2D eigenvalue weighted by molar-refractivity contribution is 0.592. The van der Waals surface area contributed by atoms with Crippen molar-refractivity contribution in [1.29, 1.82) is 0 Å². The number of aryl methyl sites for hydroxylation is 3. The van der Waals surface area contributed by atoms with Gasteiger partial charge < -0.3 is 0 Å². The summed E-state index contributed by atoms with van der Waals surface area (Å²) >= 11 is 0. The molecule has 0 amide bonds. The minimum Gasteiger partial charge on any atom is -0.262 e. The number of benzene rings is 3. The highest BCUT2D eigenvalue weighted by Gasteiger charge is 2.21. The third-order valence-corrected chi connectivity index (χ3v) is 7.06. The van der Waals surface area contributed by atoms with E-state index in [2.05, 4.69) is 9.12 Å². The summed E-state index contributed by atoms with van der Waals surface area (Å²) in [6, 6.07) is 19.2. The molecule has 0 radical (unpaired) electrons. The van der Waals surface area contributed by atoms with Gasteiger partial charge in [-0.3, -0.25) is 4.72 Å². The van der Waals surface area contributed by atoms with Crippen molar-refractivity contribution < 1.29 is 16.8 Å². The van der Waals surface area contributed by atoms with Crippen LogP contribution in [0.5, 0.6) is 0 Å². The van der Waals surface area contributed by atoms with Gasteiger partial charge in [-0.2, -0.15) is 8.42 Å². The van der Waals surface area contributed by atoms with Crippen LogP contribution in [0.2, 0.25) is 0 Å². The molecule has 0 fully saturated rings. The molecule has 156 valence electrons. The van der Waals surface area contributed by atoms with Gasteiger partial charge in [-0.15, -0.1) is 4.40 Å². The van der Waals surface area contributed by atoms with E-state index in [0.717, 1.165) is 16.7 Å². The lowest BCUT2D eigenvalue weighted by Gasteiger charge is -2.12. The average Bonchev–Trinajstić information content (AvgIpc) is 2.68. The summed E-state index contributed by atoms with van der Waals surface area (Å²) in [5.74, 6) is -0.267. The number of nitrogens with one attached hydrogen (secondary N) is 1. The Morgan fingerprint density at radius 1 is 0.633 bits per heavy atom. The summed E-state index contributed by atoms with van der Waals surface area (Å²) in [6.07, 6.45) is 0. The highest BCUT2D eigenvalue weighted by molar-refractivity contribution is 7.91. The van der Waals surface area contributed by atoms with E-state index < -0.39 is 20.0 Å². The first-order valence-corrected chi connectivity index (χ1v) is 12.1. The topological polar surface area (TPSA) is 92.7 Å². The zero-order chi connectivity index (χ0) is 21.9. The van der Waals surface area contributed by atoms with Crippen LogP contribution in [-0.4, -0.2) is 22.7 Å². The van der Waals surface area contributed by atoms with Crippen molar-refractivity contribution in [2.75, 3.05) is 0 Å². The highest BCUT2D eigenvalue weighted by atomic mass is 32.2. The van der Waals surface area contributed by atoms with E-state index in [9.17, 15) is 16.8 Å². The lowest BCUT2D eigenvalue weighted by atomic mass is 10.1. The maximum Gasteiger partial charge on any atom is 0.284 e. The summed E-state index contributed by atoms with van der Waals surface area (Å²) in [4.78, 5) is -0.00658. The summed E-state index contributed by atoms with van der Waals surface area (Å²) in [5.41, 5.74) is 3.09. The van der Waals surface area contributed by atoms with Crippen LogP contribution in [0.3, 0.4) is 0 Å². The van der Waals surface area contributed by atoms with E-state index >= 15 is 0 Å². The summed E-state index contributed by atoms with van der Waals surface area (Å²) in [7, 11) is -8.18. The molecule has 1 N–H and O–H groups in total. The number of sulfonamides is 2. The van der Waals surface area contributed by atoms with E-state index in [1.165, 1.54) is 24.3 Å². The number of amidine groups is 1. The first-order chi connectivity index (χ1) is 14.1. The van der Waals surface area contributed by atoms with Gasteiger partial charge in [0.05, 0.1) is 9.79 Å².